The summed E-state index contributed by atoms with van der Waals surface area (Å²) < 4.78 is 17.9. The highest BCUT2D eigenvalue weighted by molar-refractivity contribution is 5.98. The quantitative estimate of drug-likeness (QED) is 0.449. The van der Waals surface area contributed by atoms with Gasteiger partial charge in [-0.25, -0.2) is 4.79 Å². The fourth-order valence-corrected chi connectivity index (χ4v) is 9.75. The fraction of sp³-hybridized carbons (Fsp3) is 0.767. The number of epoxide rings is 1. The topological polar surface area (TPSA) is 102 Å². The molecule has 6 aliphatic rings. The van der Waals surface area contributed by atoms with Gasteiger partial charge in [0.2, 0.25) is 0 Å². The van der Waals surface area contributed by atoms with Crippen LogP contribution in [0.3, 0.4) is 0 Å². The average molecular weight is 513 g/mol. The molecule has 0 aromatic heterocycles. The number of hydrogen-bond donors (Lipinski definition) is 1. The van der Waals surface area contributed by atoms with Crippen LogP contribution in [0.1, 0.15) is 80.1 Å². The van der Waals surface area contributed by atoms with E-state index >= 15 is 0 Å². The Hall–Kier alpha value is -1.99. The lowest BCUT2D eigenvalue weighted by Crippen LogP contribution is -2.65. The van der Waals surface area contributed by atoms with Crippen LogP contribution in [0.5, 0.6) is 0 Å². The molecule has 6 rings (SSSR count). The number of aliphatic hydroxyl groups is 1. The molecule has 3 saturated carbocycles. The molecule has 7 nitrogen and oxygen atoms in total. The van der Waals surface area contributed by atoms with E-state index in [2.05, 4.69) is 6.92 Å². The highest BCUT2D eigenvalue weighted by atomic mass is 16.7. The van der Waals surface area contributed by atoms with Crippen LogP contribution in [0.2, 0.25) is 0 Å². The van der Waals surface area contributed by atoms with Crippen LogP contribution in [0.15, 0.2) is 23.3 Å². The molecule has 2 heterocycles. The van der Waals surface area contributed by atoms with Crippen LogP contribution < -0.4 is 0 Å². The molecule has 2 aliphatic heterocycles. The summed E-state index contributed by atoms with van der Waals surface area (Å²) in [5.74, 6) is -0.219. The SMILES string of the molecule is CC(=O)O[C@H]1C=CC(=O)[C@]2(C)[C@H]3CC[C@@]4(C)[C@@H](CC[C@]4(O)[C@H](C)[C@@H]4CC(C)=C(C)C(=O)O4)[C@@H]3C[C@H]3O[C@]132. The molecule has 0 bridgehead atoms. The van der Waals surface area contributed by atoms with E-state index < -0.39 is 22.7 Å². The summed E-state index contributed by atoms with van der Waals surface area (Å²) in [6.45, 7) is 11.5. The van der Waals surface area contributed by atoms with Gasteiger partial charge in [-0.2, -0.15) is 0 Å². The Morgan fingerprint density at radius 3 is 2.54 bits per heavy atom. The van der Waals surface area contributed by atoms with Gasteiger partial charge in [0.05, 0.1) is 17.1 Å². The van der Waals surface area contributed by atoms with Crippen molar-refractivity contribution in [1.29, 1.82) is 0 Å². The van der Waals surface area contributed by atoms with Gasteiger partial charge in [-0.1, -0.05) is 19.4 Å². The van der Waals surface area contributed by atoms with Gasteiger partial charge in [0, 0.05) is 24.8 Å². The highest BCUT2D eigenvalue weighted by Gasteiger charge is 2.81. The summed E-state index contributed by atoms with van der Waals surface area (Å²) in [4.78, 5) is 37.9. The number of hydrogen-bond acceptors (Lipinski definition) is 7. The summed E-state index contributed by atoms with van der Waals surface area (Å²) in [7, 11) is 0. The van der Waals surface area contributed by atoms with Crippen LogP contribution in [0, 0.1) is 34.5 Å². The average Bonchev–Trinajstić information content (AvgIpc) is 3.50. The maximum absolute atomic E-state index is 13.6. The third-order valence-corrected chi connectivity index (χ3v) is 12.1. The molecule has 1 saturated heterocycles. The van der Waals surface area contributed by atoms with Crippen LogP contribution in [0.25, 0.3) is 0 Å². The first-order valence-electron chi connectivity index (χ1n) is 14.0. The Labute approximate surface area is 219 Å². The number of cyclic esters (lactones) is 1. The Morgan fingerprint density at radius 2 is 1.86 bits per heavy atom. The summed E-state index contributed by atoms with van der Waals surface area (Å²) in [5.41, 5.74) is -1.14. The van der Waals surface area contributed by atoms with E-state index in [0.29, 0.717) is 18.4 Å². The zero-order valence-corrected chi connectivity index (χ0v) is 22.8. The van der Waals surface area contributed by atoms with Crippen molar-refractivity contribution in [3.05, 3.63) is 23.3 Å². The second-order valence-electron chi connectivity index (χ2n) is 13.2. The number of ether oxygens (including phenoxy) is 3. The van der Waals surface area contributed by atoms with Crippen molar-refractivity contribution in [1.82, 2.24) is 0 Å². The van der Waals surface area contributed by atoms with E-state index in [-0.39, 0.29) is 59.0 Å². The molecule has 0 unspecified atom stereocenters. The molecule has 4 aliphatic carbocycles. The van der Waals surface area contributed by atoms with Crippen molar-refractivity contribution in [2.24, 2.45) is 34.5 Å². The van der Waals surface area contributed by atoms with E-state index in [1.165, 1.54) is 6.92 Å². The van der Waals surface area contributed by atoms with Gasteiger partial charge in [-0.05, 0) is 88.2 Å². The molecule has 37 heavy (non-hydrogen) atoms. The molecule has 4 fully saturated rings. The number of ketones is 1. The molecule has 11 atom stereocenters. The van der Waals surface area contributed by atoms with Gasteiger partial charge < -0.3 is 19.3 Å². The fourth-order valence-electron chi connectivity index (χ4n) is 9.75. The Kier molecular flexibility index (Phi) is 5.32. The molecule has 1 N–H and O–H groups in total. The lowest BCUT2D eigenvalue weighted by molar-refractivity contribution is -0.190. The van der Waals surface area contributed by atoms with Crippen LogP contribution in [0.4, 0.5) is 0 Å². The van der Waals surface area contributed by atoms with Crippen LogP contribution >= 0.6 is 0 Å². The van der Waals surface area contributed by atoms with Crippen LogP contribution in [-0.2, 0) is 28.6 Å². The van der Waals surface area contributed by atoms with E-state index in [9.17, 15) is 19.5 Å². The number of allylic oxidation sites excluding steroid dienone is 1. The first kappa shape index (κ1) is 25.3. The van der Waals surface area contributed by atoms with E-state index in [1.54, 1.807) is 19.1 Å². The first-order valence-corrected chi connectivity index (χ1v) is 14.0. The molecular weight excluding hydrogens is 472 g/mol. The highest BCUT2D eigenvalue weighted by Crippen LogP contribution is 2.74. The number of carbonyl (C=O) groups excluding carboxylic acids is 3. The zero-order valence-electron chi connectivity index (χ0n) is 22.8. The summed E-state index contributed by atoms with van der Waals surface area (Å²) in [6, 6.07) is 0. The molecular formula is C30H40O7. The van der Waals surface area contributed by atoms with Gasteiger partial charge in [-0.3, -0.25) is 9.59 Å². The number of rotatable bonds is 3. The normalized spacial score (nSPS) is 50.9. The second-order valence-corrected chi connectivity index (χ2v) is 13.2. The maximum atomic E-state index is 13.6. The maximum Gasteiger partial charge on any atom is 0.333 e. The van der Waals surface area contributed by atoms with Gasteiger partial charge in [0.1, 0.15) is 11.7 Å². The van der Waals surface area contributed by atoms with Crippen molar-refractivity contribution in [2.75, 3.05) is 0 Å². The predicted molar refractivity (Wildman–Crippen MR) is 134 cm³/mol. The lowest BCUT2D eigenvalue weighted by Gasteiger charge is -2.59. The molecule has 1 spiro atoms. The summed E-state index contributed by atoms with van der Waals surface area (Å²) in [5, 5.41) is 12.4. The number of fused-ring (bicyclic) bond motifs is 4. The van der Waals surface area contributed by atoms with Crippen molar-refractivity contribution >= 4 is 17.7 Å². The van der Waals surface area contributed by atoms with Crippen molar-refractivity contribution in [3.63, 3.8) is 0 Å². The Morgan fingerprint density at radius 1 is 1.16 bits per heavy atom. The van der Waals surface area contributed by atoms with Gasteiger partial charge in [0.15, 0.2) is 11.9 Å². The monoisotopic (exact) mass is 512 g/mol. The number of carbonyl (C=O) groups is 3. The van der Waals surface area contributed by atoms with E-state index in [1.807, 2.05) is 20.8 Å². The summed E-state index contributed by atoms with van der Waals surface area (Å²) in [6.07, 6.45) is 6.86. The van der Waals surface area contributed by atoms with Gasteiger partial charge in [0.25, 0.3) is 0 Å². The third kappa shape index (κ3) is 2.99. The minimum Gasteiger partial charge on any atom is -0.458 e. The largest absolute Gasteiger partial charge is 0.458 e. The van der Waals surface area contributed by atoms with Crippen molar-refractivity contribution in [2.45, 2.75) is 110 Å². The summed E-state index contributed by atoms with van der Waals surface area (Å²) >= 11 is 0. The minimum atomic E-state index is -0.963. The minimum absolute atomic E-state index is 0.0603. The molecule has 7 heteroatoms. The third-order valence-electron chi connectivity index (χ3n) is 12.1. The van der Waals surface area contributed by atoms with Crippen molar-refractivity contribution < 1.29 is 33.7 Å². The van der Waals surface area contributed by atoms with E-state index in [4.69, 9.17) is 14.2 Å². The molecule has 0 radical (unpaired) electrons. The first-order chi connectivity index (χ1) is 17.3. The predicted octanol–water partition coefficient (Wildman–Crippen LogP) is 4.07. The molecule has 0 aromatic carbocycles. The molecule has 0 aromatic rings. The Balaban J connectivity index is 1.31. The van der Waals surface area contributed by atoms with Crippen LogP contribution in [-0.4, -0.2) is 52.3 Å². The van der Waals surface area contributed by atoms with E-state index in [0.717, 1.165) is 31.3 Å². The lowest BCUT2D eigenvalue weighted by atomic mass is 9.44. The zero-order chi connectivity index (χ0) is 26.7. The number of esters is 2. The van der Waals surface area contributed by atoms with Gasteiger partial charge >= 0.3 is 11.9 Å². The Bertz CT molecular complexity index is 1140. The van der Waals surface area contributed by atoms with Gasteiger partial charge in [-0.15, -0.1) is 0 Å². The van der Waals surface area contributed by atoms with Crippen molar-refractivity contribution in [3.8, 4) is 0 Å². The second kappa shape index (κ2) is 7.78. The standard InChI is InChI=1S/C30H40O7/c1-15-13-22(36-26(33)16(15)2)17(3)29(34)12-10-20-19-14-25-30(37-25)24(35-18(4)31)8-7-23(32)28(30,6)21(19)9-11-27(20,29)5/h7-8,17,19-22,24-25,34H,9-14H2,1-6H3/t17-,19+,20+,21+,22+,24+,25-,27+,28+,29+,30-/m1/s1. The molecule has 0 amide bonds. The molecule has 202 valence electrons. The smallest absolute Gasteiger partial charge is 0.333 e.